The van der Waals surface area contributed by atoms with Crippen LogP contribution in [0.5, 0.6) is 0 Å². The number of halogens is 1. The standard InChI is InChI=1S/C27H31N2O.HI/c1-27(2)18-21(11-10-20-12-14-23(15-13-20)28(3)4)16-22(19-27)17-26-29(5)24-8-6-7-9-25(24)30-26;/h6-17H,18-19H2,1-5H3;1H/q+1;/p-1. The average molecular weight is 526 g/mol. The van der Waals surface area contributed by atoms with Crippen molar-refractivity contribution in [2.45, 2.75) is 26.7 Å². The van der Waals surface area contributed by atoms with Crippen LogP contribution in [0.25, 0.3) is 23.3 Å². The van der Waals surface area contributed by atoms with Gasteiger partial charge in [-0.2, -0.15) is 4.57 Å². The number of fused-ring (bicyclic) bond motifs is 1. The fourth-order valence-electron chi connectivity index (χ4n) is 4.20. The summed E-state index contributed by atoms with van der Waals surface area (Å²) in [5.41, 5.74) is 7.36. The Morgan fingerprint density at radius 1 is 0.968 bits per heavy atom. The van der Waals surface area contributed by atoms with Gasteiger partial charge in [-0.1, -0.05) is 56.3 Å². The lowest BCUT2D eigenvalue weighted by molar-refractivity contribution is -0.652. The van der Waals surface area contributed by atoms with Crippen LogP contribution in [0.2, 0.25) is 0 Å². The van der Waals surface area contributed by atoms with Crippen molar-refractivity contribution in [2.24, 2.45) is 12.5 Å². The van der Waals surface area contributed by atoms with Crippen LogP contribution in [0, 0.1) is 5.41 Å². The van der Waals surface area contributed by atoms with Crippen molar-refractivity contribution < 1.29 is 33.0 Å². The van der Waals surface area contributed by atoms with Crippen LogP contribution >= 0.6 is 0 Å². The van der Waals surface area contributed by atoms with Crippen molar-refractivity contribution in [1.82, 2.24) is 0 Å². The molecule has 31 heavy (non-hydrogen) atoms. The maximum atomic E-state index is 6.10. The fourth-order valence-corrected chi connectivity index (χ4v) is 4.20. The van der Waals surface area contributed by atoms with E-state index in [0.717, 1.165) is 29.8 Å². The third-order valence-corrected chi connectivity index (χ3v) is 5.72. The lowest BCUT2D eigenvalue weighted by Gasteiger charge is -2.30. The van der Waals surface area contributed by atoms with Gasteiger partial charge in [-0.15, -0.1) is 0 Å². The van der Waals surface area contributed by atoms with E-state index in [1.165, 1.54) is 22.4 Å². The quantitative estimate of drug-likeness (QED) is 0.385. The molecule has 0 bridgehead atoms. The summed E-state index contributed by atoms with van der Waals surface area (Å²) in [6.45, 7) is 4.68. The normalized spacial score (nSPS) is 17.1. The van der Waals surface area contributed by atoms with E-state index in [4.69, 9.17) is 4.42 Å². The molecule has 4 heteroatoms. The Morgan fingerprint density at radius 2 is 1.68 bits per heavy atom. The molecule has 0 aliphatic heterocycles. The molecule has 4 rings (SSSR count). The van der Waals surface area contributed by atoms with E-state index in [2.05, 4.69) is 99.1 Å². The van der Waals surface area contributed by atoms with Crippen molar-refractivity contribution in [3.8, 4) is 0 Å². The fraction of sp³-hybridized carbons (Fsp3) is 0.296. The van der Waals surface area contributed by atoms with Crippen molar-refractivity contribution >= 4 is 28.9 Å². The molecule has 3 nitrogen and oxygen atoms in total. The lowest BCUT2D eigenvalue weighted by Crippen LogP contribution is -3.00. The Bertz CT molecular complexity index is 1150. The second-order valence-corrected chi connectivity index (χ2v) is 9.24. The zero-order valence-corrected chi connectivity index (χ0v) is 21.2. The first-order chi connectivity index (χ1) is 14.3. The van der Waals surface area contributed by atoms with Crippen molar-refractivity contribution in [1.29, 1.82) is 0 Å². The number of rotatable bonds is 4. The minimum Gasteiger partial charge on any atom is -1.00 e. The average Bonchev–Trinajstić information content (AvgIpc) is 3.01. The summed E-state index contributed by atoms with van der Waals surface area (Å²) in [4.78, 5) is 2.12. The highest BCUT2D eigenvalue weighted by Crippen LogP contribution is 2.39. The zero-order chi connectivity index (χ0) is 21.3. The molecule has 1 aromatic heterocycles. The Labute approximate surface area is 202 Å². The molecule has 0 saturated carbocycles. The molecular weight excluding hydrogens is 495 g/mol. The number of nitrogens with zero attached hydrogens (tertiary/aromatic N) is 2. The first kappa shape index (κ1) is 23.3. The van der Waals surface area contributed by atoms with Crippen LogP contribution in [-0.4, -0.2) is 14.1 Å². The van der Waals surface area contributed by atoms with Gasteiger partial charge < -0.3 is 33.3 Å². The van der Waals surface area contributed by atoms with E-state index >= 15 is 0 Å². The third kappa shape index (κ3) is 5.48. The summed E-state index contributed by atoms with van der Waals surface area (Å²) in [6.07, 6.45) is 11.1. The number of benzene rings is 2. The number of oxazole rings is 1. The van der Waals surface area contributed by atoms with Crippen LogP contribution in [0.15, 0.2) is 76.2 Å². The van der Waals surface area contributed by atoms with Gasteiger partial charge in [0.05, 0.1) is 6.08 Å². The van der Waals surface area contributed by atoms with Crippen LogP contribution in [0.4, 0.5) is 5.69 Å². The smallest absolute Gasteiger partial charge is 0.374 e. The minimum atomic E-state index is 0. The topological polar surface area (TPSA) is 20.3 Å². The van der Waals surface area contributed by atoms with Gasteiger partial charge in [-0.3, -0.25) is 0 Å². The molecule has 2 aromatic carbocycles. The second kappa shape index (κ2) is 9.43. The molecule has 0 N–H and O–H groups in total. The van der Waals surface area contributed by atoms with E-state index in [0.29, 0.717) is 0 Å². The Morgan fingerprint density at radius 3 is 2.35 bits per heavy atom. The molecule has 1 heterocycles. The first-order valence-corrected chi connectivity index (χ1v) is 10.5. The number of aromatic nitrogens is 1. The van der Waals surface area contributed by atoms with E-state index < -0.39 is 0 Å². The molecule has 0 unspecified atom stereocenters. The van der Waals surface area contributed by atoms with E-state index in [1.807, 2.05) is 18.2 Å². The van der Waals surface area contributed by atoms with Gasteiger partial charge in [0.2, 0.25) is 5.58 Å². The molecule has 1 aliphatic carbocycles. The summed E-state index contributed by atoms with van der Waals surface area (Å²) in [6, 6.07) is 16.8. The van der Waals surface area contributed by atoms with Gasteiger partial charge in [0.25, 0.3) is 5.52 Å². The molecule has 0 spiro atoms. The number of aryl methyl sites for hydroxylation is 1. The van der Waals surface area contributed by atoms with Gasteiger partial charge in [0.15, 0.2) is 0 Å². The zero-order valence-electron chi connectivity index (χ0n) is 19.0. The predicted octanol–water partition coefficient (Wildman–Crippen LogP) is 3.17. The molecular formula is C27H31IN2O. The number of anilines is 1. The Balaban J connectivity index is 0.00000272. The van der Waals surface area contributed by atoms with E-state index in [-0.39, 0.29) is 29.4 Å². The highest BCUT2D eigenvalue weighted by Gasteiger charge is 2.26. The van der Waals surface area contributed by atoms with Gasteiger partial charge in [-0.25, -0.2) is 0 Å². The monoisotopic (exact) mass is 526 g/mol. The van der Waals surface area contributed by atoms with Crippen LogP contribution < -0.4 is 33.4 Å². The summed E-state index contributed by atoms with van der Waals surface area (Å²) in [7, 11) is 6.19. The van der Waals surface area contributed by atoms with Gasteiger partial charge in [0.1, 0.15) is 7.05 Å². The summed E-state index contributed by atoms with van der Waals surface area (Å²) >= 11 is 0. The molecule has 0 amide bonds. The maximum absolute atomic E-state index is 6.10. The first-order valence-electron chi connectivity index (χ1n) is 10.5. The molecule has 0 radical (unpaired) electrons. The number of hydrogen-bond donors (Lipinski definition) is 0. The summed E-state index contributed by atoms with van der Waals surface area (Å²) in [5, 5.41) is 0. The SMILES string of the molecule is CN(C)c1ccc(C=CC2=CC(=Cc3oc4ccccc4[n+]3C)CC(C)(C)C2)cc1.[I-]. The lowest BCUT2D eigenvalue weighted by atomic mass is 9.75. The molecule has 162 valence electrons. The maximum Gasteiger partial charge on any atom is 0.374 e. The largest absolute Gasteiger partial charge is 1.00 e. The predicted molar refractivity (Wildman–Crippen MR) is 126 cm³/mol. The van der Waals surface area contributed by atoms with Crippen LogP contribution in [-0.2, 0) is 7.05 Å². The second-order valence-electron chi connectivity index (χ2n) is 9.24. The van der Waals surface area contributed by atoms with E-state index in [1.54, 1.807) is 0 Å². The summed E-state index contributed by atoms with van der Waals surface area (Å²) < 4.78 is 8.22. The van der Waals surface area contributed by atoms with Crippen LogP contribution in [0.3, 0.4) is 0 Å². The molecule has 0 fully saturated rings. The van der Waals surface area contributed by atoms with Gasteiger partial charge >= 0.3 is 5.89 Å². The van der Waals surface area contributed by atoms with E-state index in [9.17, 15) is 0 Å². The Kier molecular flexibility index (Phi) is 7.10. The third-order valence-electron chi connectivity index (χ3n) is 5.72. The molecule has 1 aliphatic rings. The number of para-hydroxylation sites is 2. The Hall–Kier alpha value is -2.34. The van der Waals surface area contributed by atoms with Crippen LogP contribution in [0.1, 0.15) is 38.1 Å². The highest BCUT2D eigenvalue weighted by molar-refractivity contribution is 5.70. The minimum absolute atomic E-state index is 0. The highest BCUT2D eigenvalue weighted by atomic mass is 127. The molecule has 0 atom stereocenters. The van der Waals surface area contributed by atoms with Gasteiger partial charge in [-0.05, 0) is 53.2 Å². The molecule has 3 aromatic rings. The van der Waals surface area contributed by atoms with Crippen molar-refractivity contribution in [2.75, 3.05) is 19.0 Å². The summed E-state index contributed by atoms with van der Waals surface area (Å²) in [5.74, 6) is 0.891. The molecule has 0 saturated heterocycles. The van der Waals surface area contributed by atoms with Crippen molar-refractivity contribution in [3.63, 3.8) is 0 Å². The number of hydrogen-bond acceptors (Lipinski definition) is 2. The van der Waals surface area contributed by atoms with Crippen molar-refractivity contribution in [3.05, 3.63) is 83.3 Å². The van der Waals surface area contributed by atoms with Gasteiger partial charge in [0, 0.05) is 25.8 Å². The number of allylic oxidation sites excluding steroid dienone is 4.